The van der Waals surface area contributed by atoms with E-state index in [1.807, 2.05) is 0 Å². The SMILES string of the molecule is Cc1nn(C(F)F)cc1S(=O)(=O)N1CC(C(=O)N(C)C)Oc2ccc(NC(=O)OC(C)(C)C)cc21. The number of aromatic nitrogens is 2. The first-order valence-corrected chi connectivity index (χ1v) is 11.9. The molecule has 0 fully saturated rings. The molecule has 11 nitrogen and oxygen atoms in total. The average Bonchev–Trinajstić information content (AvgIpc) is 3.13. The summed E-state index contributed by atoms with van der Waals surface area (Å²) in [4.78, 5) is 25.6. The summed E-state index contributed by atoms with van der Waals surface area (Å²) in [6, 6.07) is 4.19. The number of aryl methyl sites for hydroxylation is 1. The van der Waals surface area contributed by atoms with Gasteiger partial charge in [-0.15, -0.1) is 0 Å². The van der Waals surface area contributed by atoms with Gasteiger partial charge in [-0.05, 0) is 45.9 Å². The Morgan fingerprint density at radius 1 is 1.29 bits per heavy atom. The second-order valence-corrected chi connectivity index (χ2v) is 10.9. The number of alkyl halides is 2. The van der Waals surface area contributed by atoms with Crippen LogP contribution < -0.4 is 14.4 Å². The van der Waals surface area contributed by atoms with Gasteiger partial charge in [0.15, 0.2) is 6.10 Å². The summed E-state index contributed by atoms with van der Waals surface area (Å²) in [5.41, 5.74) is -0.708. The van der Waals surface area contributed by atoms with Crippen molar-refractivity contribution in [3.05, 3.63) is 30.1 Å². The first-order chi connectivity index (χ1) is 16.1. The van der Waals surface area contributed by atoms with Crippen molar-refractivity contribution in [2.45, 2.75) is 50.8 Å². The number of hydrogen-bond donors (Lipinski definition) is 1. The predicted octanol–water partition coefficient (Wildman–Crippen LogP) is 2.98. The number of amides is 2. The van der Waals surface area contributed by atoms with Gasteiger partial charge in [-0.3, -0.25) is 14.4 Å². The molecule has 2 amide bonds. The van der Waals surface area contributed by atoms with Crippen LogP contribution in [0.25, 0.3) is 0 Å². The molecule has 0 spiro atoms. The quantitative estimate of drug-likeness (QED) is 0.649. The molecule has 1 unspecified atom stereocenters. The zero-order valence-corrected chi connectivity index (χ0v) is 20.9. The molecular formula is C21H27F2N5O6S. The van der Waals surface area contributed by atoms with Crippen molar-refractivity contribution in [2.75, 3.05) is 30.3 Å². The lowest BCUT2D eigenvalue weighted by atomic mass is 10.2. The van der Waals surface area contributed by atoms with Crippen LogP contribution in [0.15, 0.2) is 29.3 Å². The van der Waals surface area contributed by atoms with Crippen LogP contribution in [0.3, 0.4) is 0 Å². The molecule has 0 saturated carbocycles. The summed E-state index contributed by atoms with van der Waals surface area (Å²) in [5.74, 6) is -0.444. The second-order valence-electron chi connectivity index (χ2n) is 9.02. The molecule has 1 aromatic carbocycles. The van der Waals surface area contributed by atoms with Crippen molar-refractivity contribution in [3.8, 4) is 5.75 Å². The van der Waals surface area contributed by atoms with Gasteiger partial charge in [0, 0.05) is 19.8 Å². The highest BCUT2D eigenvalue weighted by Crippen LogP contribution is 2.40. The summed E-state index contributed by atoms with van der Waals surface area (Å²) in [5, 5.41) is 6.10. The fourth-order valence-corrected chi connectivity index (χ4v) is 4.96. The lowest BCUT2D eigenvalue weighted by Crippen LogP contribution is -2.50. The molecule has 14 heteroatoms. The number of carbonyl (C=O) groups excluding carboxylic acids is 2. The second kappa shape index (κ2) is 9.32. The van der Waals surface area contributed by atoms with Gasteiger partial charge in [-0.1, -0.05) is 0 Å². The zero-order valence-electron chi connectivity index (χ0n) is 20.1. The number of carbonyl (C=O) groups is 2. The monoisotopic (exact) mass is 515 g/mol. The Hall–Kier alpha value is -3.42. The van der Waals surface area contributed by atoms with E-state index >= 15 is 0 Å². The fourth-order valence-electron chi connectivity index (χ4n) is 3.33. The number of benzene rings is 1. The minimum absolute atomic E-state index is 0.00515. The van der Waals surface area contributed by atoms with Gasteiger partial charge in [0.2, 0.25) is 0 Å². The highest BCUT2D eigenvalue weighted by atomic mass is 32.2. The molecule has 1 aliphatic heterocycles. The standard InChI is InChI=1S/C21H27F2N5O6S/c1-12-17(11-27(25-12)19(22)23)35(31,32)28-10-16(18(29)26(5)6)33-15-8-7-13(9-14(15)28)24-20(30)34-21(2,3)4/h7-9,11,16,19H,10H2,1-6H3,(H,24,30). The molecule has 1 N–H and O–H groups in total. The van der Waals surface area contributed by atoms with Crippen molar-refractivity contribution in [3.63, 3.8) is 0 Å². The van der Waals surface area contributed by atoms with E-state index in [-0.39, 0.29) is 27.5 Å². The van der Waals surface area contributed by atoms with E-state index in [0.717, 1.165) is 10.5 Å². The minimum Gasteiger partial charge on any atom is -0.476 e. The van der Waals surface area contributed by atoms with Crippen molar-refractivity contribution in [1.29, 1.82) is 0 Å². The number of hydrogen-bond acceptors (Lipinski definition) is 7. The molecule has 1 atom stereocenters. The van der Waals surface area contributed by atoms with E-state index in [1.54, 1.807) is 20.8 Å². The third-order valence-corrected chi connectivity index (χ3v) is 6.71. The van der Waals surface area contributed by atoms with Crippen LogP contribution in [-0.2, 0) is 19.6 Å². The molecule has 0 bridgehead atoms. The molecule has 0 radical (unpaired) electrons. The normalized spacial score (nSPS) is 15.9. The fraction of sp³-hybridized carbons (Fsp3) is 0.476. The molecule has 0 saturated heterocycles. The van der Waals surface area contributed by atoms with E-state index in [4.69, 9.17) is 9.47 Å². The molecule has 2 aromatic rings. The molecule has 0 aliphatic carbocycles. The number of ether oxygens (including phenoxy) is 2. The number of rotatable bonds is 5. The third kappa shape index (κ3) is 5.63. The first-order valence-electron chi connectivity index (χ1n) is 10.5. The van der Waals surface area contributed by atoms with E-state index < -0.39 is 51.7 Å². The van der Waals surface area contributed by atoms with E-state index in [1.165, 1.54) is 44.1 Å². The van der Waals surface area contributed by atoms with Crippen LogP contribution in [0, 0.1) is 6.92 Å². The van der Waals surface area contributed by atoms with Gasteiger partial charge in [0.1, 0.15) is 16.2 Å². The Balaban J connectivity index is 2.07. The minimum atomic E-state index is -4.46. The van der Waals surface area contributed by atoms with E-state index in [2.05, 4.69) is 10.4 Å². The van der Waals surface area contributed by atoms with Gasteiger partial charge in [-0.25, -0.2) is 17.9 Å². The summed E-state index contributed by atoms with van der Waals surface area (Å²) in [6.45, 7) is 2.88. The maximum absolute atomic E-state index is 13.6. The third-order valence-electron chi connectivity index (χ3n) is 4.83. The summed E-state index contributed by atoms with van der Waals surface area (Å²) in [7, 11) is -1.48. The topological polar surface area (TPSA) is 123 Å². The van der Waals surface area contributed by atoms with Crippen molar-refractivity contribution < 1.29 is 36.3 Å². The van der Waals surface area contributed by atoms with Gasteiger partial charge in [-0.2, -0.15) is 13.9 Å². The van der Waals surface area contributed by atoms with Crippen LogP contribution in [0.4, 0.5) is 25.0 Å². The summed E-state index contributed by atoms with van der Waals surface area (Å²) in [6.07, 6.45) is -1.23. The van der Waals surface area contributed by atoms with E-state index in [9.17, 15) is 26.8 Å². The number of nitrogens with zero attached hydrogens (tertiary/aromatic N) is 4. The number of anilines is 2. The molecular weight excluding hydrogens is 488 g/mol. The molecule has 35 heavy (non-hydrogen) atoms. The predicted molar refractivity (Wildman–Crippen MR) is 122 cm³/mol. The van der Waals surface area contributed by atoms with Gasteiger partial charge in [0.25, 0.3) is 15.9 Å². The Labute approximate surface area is 201 Å². The van der Waals surface area contributed by atoms with Gasteiger partial charge < -0.3 is 14.4 Å². The lowest BCUT2D eigenvalue weighted by molar-refractivity contribution is -0.135. The highest BCUT2D eigenvalue weighted by molar-refractivity contribution is 7.92. The Kier molecular flexibility index (Phi) is 6.97. The smallest absolute Gasteiger partial charge is 0.412 e. The number of halogens is 2. The number of sulfonamides is 1. The lowest BCUT2D eigenvalue weighted by Gasteiger charge is -2.35. The number of fused-ring (bicyclic) bond motifs is 1. The number of likely N-dealkylation sites (N-methyl/N-ethyl adjacent to an activating group) is 1. The zero-order chi connectivity index (χ0) is 26.3. The highest BCUT2D eigenvalue weighted by Gasteiger charge is 2.40. The van der Waals surface area contributed by atoms with Crippen LogP contribution in [0.5, 0.6) is 5.75 Å². The molecule has 2 heterocycles. The molecule has 192 valence electrons. The van der Waals surface area contributed by atoms with Crippen LogP contribution in [0.1, 0.15) is 33.0 Å². The van der Waals surface area contributed by atoms with Gasteiger partial charge in [0.05, 0.1) is 24.1 Å². The van der Waals surface area contributed by atoms with Crippen LogP contribution >= 0.6 is 0 Å². The Morgan fingerprint density at radius 2 is 1.94 bits per heavy atom. The molecule has 1 aliphatic rings. The maximum atomic E-state index is 13.6. The summed E-state index contributed by atoms with van der Waals surface area (Å²) < 4.78 is 65.6. The Bertz CT molecular complexity index is 1240. The Morgan fingerprint density at radius 3 is 2.49 bits per heavy atom. The van der Waals surface area contributed by atoms with E-state index in [0.29, 0.717) is 0 Å². The number of nitrogens with one attached hydrogen (secondary N) is 1. The maximum Gasteiger partial charge on any atom is 0.412 e. The van der Waals surface area contributed by atoms with Crippen molar-refractivity contribution in [2.24, 2.45) is 0 Å². The summed E-state index contributed by atoms with van der Waals surface area (Å²) >= 11 is 0. The van der Waals surface area contributed by atoms with Gasteiger partial charge >= 0.3 is 12.6 Å². The largest absolute Gasteiger partial charge is 0.476 e. The van der Waals surface area contributed by atoms with Crippen LogP contribution in [0.2, 0.25) is 0 Å². The molecule has 1 aromatic heterocycles. The van der Waals surface area contributed by atoms with Crippen LogP contribution in [-0.4, -0.2) is 67.4 Å². The van der Waals surface area contributed by atoms with Crippen molar-refractivity contribution in [1.82, 2.24) is 14.7 Å². The average molecular weight is 516 g/mol. The van der Waals surface area contributed by atoms with Crippen molar-refractivity contribution >= 4 is 33.4 Å². The first kappa shape index (κ1) is 26.2. The molecule has 3 rings (SSSR count).